The number of carbonyl (C=O) groups is 1. The monoisotopic (exact) mass is 230 g/mol. The van der Waals surface area contributed by atoms with Crippen LogP contribution in [0.3, 0.4) is 0 Å². The smallest absolute Gasteiger partial charge is 0.356 e. The van der Waals surface area contributed by atoms with E-state index in [1.807, 2.05) is 18.2 Å². The summed E-state index contributed by atoms with van der Waals surface area (Å²) in [7, 11) is 0. The molecule has 0 atom stereocenters. The highest BCUT2D eigenvalue weighted by Crippen LogP contribution is 2.25. The second-order valence-corrected chi connectivity index (χ2v) is 5.06. The van der Waals surface area contributed by atoms with Gasteiger partial charge in [-0.1, -0.05) is 26.8 Å². The Kier molecular flexibility index (Phi) is 2.58. The van der Waals surface area contributed by atoms with E-state index in [0.29, 0.717) is 5.52 Å². The fraction of sp³-hybridized carbons (Fsp3) is 0.308. The van der Waals surface area contributed by atoms with Crippen LogP contribution >= 0.6 is 0 Å². The Morgan fingerprint density at radius 3 is 2.47 bits per heavy atom. The summed E-state index contributed by atoms with van der Waals surface area (Å²) in [5.41, 5.74) is 1.86. The molecule has 0 fully saturated rings. The Balaban J connectivity index is 2.62. The van der Waals surface area contributed by atoms with Crippen LogP contribution in [-0.4, -0.2) is 21.3 Å². The van der Waals surface area contributed by atoms with Crippen molar-refractivity contribution < 1.29 is 9.90 Å². The molecule has 1 aromatic carbocycles. The topological polar surface area (TPSA) is 63.1 Å². The molecule has 88 valence electrons. The third-order valence-electron chi connectivity index (χ3n) is 2.67. The van der Waals surface area contributed by atoms with Gasteiger partial charge < -0.3 is 5.11 Å². The molecular formula is C13H14N2O2. The lowest BCUT2D eigenvalue weighted by Crippen LogP contribution is -2.11. The van der Waals surface area contributed by atoms with Crippen LogP contribution in [0.5, 0.6) is 0 Å². The van der Waals surface area contributed by atoms with Crippen LogP contribution in [0, 0.1) is 0 Å². The van der Waals surface area contributed by atoms with E-state index in [2.05, 4.69) is 31.0 Å². The average Bonchev–Trinajstić information content (AvgIpc) is 2.26. The normalized spacial score (nSPS) is 11.7. The minimum atomic E-state index is -1.06. The number of carboxylic acids is 1. The molecule has 2 rings (SSSR count). The van der Waals surface area contributed by atoms with Gasteiger partial charge in [-0.15, -0.1) is 10.2 Å². The van der Waals surface area contributed by atoms with Gasteiger partial charge in [-0.05, 0) is 29.2 Å². The lowest BCUT2D eigenvalue weighted by molar-refractivity contribution is 0.0689. The summed E-state index contributed by atoms with van der Waals surface area (Å²) in [5.74, 6) is -1.06. The van der Waals surface area contributed by atoms with Gasteiger partial charge in [0.05, 0.1) is 5.52 Å². The van der Waals surface area contributed by atoms with Crippen molar-refractivity contribution in [2.24, 2.45) is 0 Å². The summed E-state index contributed by atoms with van der Waals surface area (Å²) in [6, 6.07) is 7.39. The molecule has 0 bridgehead atoms. The zero-order valence-corrected chi connectivity index (χ0v) is 10.1. The van der Waals surface area contributed by atoms with Crippen LogP contribution < -0.4 is 0 Å². The molecule has 0 radical (unpaired) electrons. The molecule has 0 amide bonds. The number of aromatic carboxylic acids is 1. The summed E-state index contributed by atoms with van der Waals surface area (Å²) in [6.07, 6.45) is 0. The molecule has 0 saturated carbocycles. The Morgan fingerprint density at radius 2 is 1.88 bits per heavy atom. The highest BCUT2D eigenvalue weighted by molar-refractivity contribution is 5.90. The molecule has 4 heteroatoms. The maximum absolute atomic E-state index is 10.8. The molecule has 1 aromatic heterocycles. The van der Waals surface area contributed by atoms with Gasteiger partial charge in [-0.3, -0.25) is 0 Å². The Hall–Kier alpha value is -1.97. The average molecular weight is 230 g/mol. The number of hydrogen-bond acceptors (Lipinski definition) is 3. The van der Waals surface area contributed by atoms with Gasteiger partial charge >= 0.3 is 5.97 Å². The first-order valence-corrected chi connectivity index (χ1v) is 5.39. The van der Waals surface area contributed by atoms with Gasteiger partial charge in [0.1, 0.15) is 0 Å². The van der Waals surface area contributed by atoms with Crippen LogP contribution in [0.15, 0.2) is 24.3 Å². The van der Waals surface area contributed by atoms with E-state index in [0.717, 1.165) is 10.9 Å². The van der Waals surface area contributed by atoms with E-state index >= 15 is 0 Å². The van der Waals surface area contributed by atoms with Crippen LogP contribution in [0.1, 0.15) is 36.8 Å². The van der Waals surface area contributed by atoms with Crippen molar-refractivity contribution in [2.75, 3.05) is 0 Å². The van der Waals surface area contributed by atoms with Gasteiger partial charge in [0.15, 0.2) is 5.69 Å². The zero-order chi connectivity index (χ0) is 12.6. The molecule has 1 heterocycles. The van der Waals surface area contributed by atoms with E-state index in [9.17, 15) is 4.79 Å². The maximum Gasteiger partial charge on any atom is 0.356 e. The molecule has 0 spiro atoms. The number of fused-ring (bicyclic) bond motifs is 1. The minimum Gasteiger partial charge on any atom is -0.476 e. The predicted molar refractivity (Wildman–Crippen MR) is 65.2 cm³/mol. The van der Waals surface area contributed by atoms with E-state index < -0.39 is 5.97 Å². The van der Waals surface area contributed by atoms with Gasteiger partial charge in [-0.2, -0.15) is 0 Å². The van der Waals surface area contributed by atoms with Crippen LogP contribution in [0.25, 0.3) is 10.9 Å². The first-order chi connectivity index (χ1) is 7.88. The quantitative estimate of drug-likeness (QED) is 0.818. The van der Waals surface area contributed by atoms with Crippen molar-refractivity contribution in [2.45, 2.75) is 26.2 Å². The van der Waals surface area contributed by atoms with Gasteiger partial charge in [0.2, 0.25) is 0 Å². The number of aromatic nitrogens is 2. The molecule has 0 aliphatic carbocycles. The Bertz CT molecular complexity index is 585. The Labute approximate surface area is 99.3 Å². The van der Waals surface area contributed by atoms with Crippen molar-refractivity contribution in [3.63, 3.8) is 0 Å². The van der Waals surface area contributed by atoms with Crippen molar-refractivity contribution in [1.29, 1.82) is 0 Å². The second-order valence-electron chi connectivity index (χ2n) is 5.06. The SMILES string of the molecule is CC(C)(C)c1ccc2nnc(C(=O)O)cc2c1. The van der Waals surface area contributed by atoms with E-state index in [-0.39, 0.29) is 11.1 Å². The van der Waals surface area contributed by atoms with E-state index in [4.69, 9.17) is 5.11 Å². The summed E-state index contributed by atoms with van der Waals surface area (Å²) in [4.78, 5) is 10.8. The predicted octanol–water partition coefficient (Wildman–Crippen LogP) is 2.63. The lowest BCUT2D eigenvalue weighted by Gasteiger charge is -2.19. The first-order valence-electron chi connectivity index (χ1n) is 5.39. The second kappa shape index (κ2) is 3.80. The van der Waals surface area contributed by atoms with Crippen molar-refractivity contribution in [1.82, 2.24) is 10.2 Å². The van der Waals surface area contributed by atoms with E-state index in [1.165, 1.54) is 0 Å². The number of hydrogen-bond donors (Lipinski definition) is 1. The third-order valence-corrected chi connectivity index (χ3v) is 2.67. The van der Waals surface area contributed by atoms with Gasteiger partial charge in [0, 0.05) is 5.39 Å². The van der Waals surface area contributed by atoms with Crippen LogP contribution in [0.4, 0.5) is 0 Å². The largest absolute Gasteiger partial charge is 0.476 e. The summed E-state index contributed by atoms with van der Waals surface area (Å²) in [5, 5.41) is 17.2. The molecule has 2 aromatic rings. The number of nitrogens with zero attached hydrogens (tertiary/aromatic N) is 2. The zero-order valence-electron chi connectivity index (χ0n) is 10.1. The molecule has 4 nitrogen and oxygen atoms in total. The fourth-order valence-electron chi connectivity index (χ4n) is 1.62. The fourth-order valence-corrected chi connectivity index (χ4v) is 1.62. The number of benzene rings is 1. The van der Waals surface area contributed by atoms with Crippen LogP contribution in [-0.2, 0) is 5.41 Å². The number of carboxylic acid groups (broad SMARTS) is 1. The third kappa shape index (κ3) is 2.25. The van der Waals surface area contributed by atoms with Crippen molar-refractivity contribution in [3.8, 4) is 0 Å². The maximum atomic E-state index is 10.8. The minimum absolute atomic E-state index is 0.0245. The summed E-state index contributed by atoms with van der Waals surface area (Å²) >= 11 is 0. The summed E-state index contributed by atoms with van der Waals surface area (Å²) in [6.45, 7) is 6.34. The standard InChI is InChI=1S/C13H14N2O2/c1-13(2,3)9-4-5-10-8(6-9)7-11(12(16)17)15-14-10/h4-7H,1-3H3,(H,16,17). The van der Waals surface area contributed by atoms with Gasteiger partial charge in [-0.25, -0.2) is 4.79 Å². The number of rotatable bonds is 1. The Morgan fingerprint density at radius 1 is 1.18 bits per heavy atom. The molecule has 0 saturated heterocycles. The van der Waals surface area contributed by atoms with Crippen LogP contribution in [0.2, 0.25) is 0 Å². The molecular weight excluding hydrogens is 216 g/mol. The van der Waals surface area contributed by atoms with Crippen molar-refractivity contribution in [3.05, 3.63) is 35.5 Å². The van der Waals surface area contributed by atoms with Crippen molar-refractivity contribution >= 4 is 16.9 Å². The molecule has 0 aliphatic rings. The molecule has 0 aliphatic heterocycles. The van der Waals surface area contributed by atoms with E-state index in [1.54, 1.807) is 6.07 Å². The summed E-state index contributed by atoms with van der Waals surface area (Å²) < 4.78 is 0. The highest BCUT2D eigenvalue weighted by Gasteiger charge is 2.15. The first kappa shape index (κ1) is 11.5. The molecule has 1 N–H and O–H groups in total. The van der Waals surface area contributed by atoms with Gasteiger partial charge in [0.25, 0.3) is 0 Å². The highest BCUT2D eigenvalue weighted by atomic mass is 16.4. The lowest BCUT2D eigenvalue weighted by atomic mass is 9.86. The molecule has 0 unspecified atom stereocenters. The molecule has 17 heavy (non-hydrogen) atoms.